The number of nitrogens with one attached hydrogen (secondary N) is 1. The van der Waals surface area contributed by atoms with Gasteiger partial charge in [-0.1, -0.05) is 37.3 Å². The van der Waals surface area contributed by atoms with Crippen molar-refractivity contribution in [2.75, 3.05) is 19.6 Å². The van der Waals surface area contributed by atoms with Gasteiger partial charge >= 0.3 is 0 Å². The molecule has 0 spiro atoms. The van der Waals surface area contributed by atoms with E-state index in [2.05, 4.69) is 34.3 Å². The number of aromatic nitrogens is 2. The Hall–Kier alpha value is -2.18. The molecule has 0 aliphatic carbocycles. The number of imidazole rings is 1. The molecule has 2 heterocycles. The highest BCUT2D eigenvalue weighted by Crippen LogP contribution is 2.15. The van der Waals surface area contributed by atoms with E-state index in [0.29, 0.717) is 19.0 Å². The molecule has 1 fully saturated rings. The van der Waals surface area contributed by atoms with Crippen LogP contribution >= 0.6 is 0 Å². The Labute approximate surface area is 155 Å². The zero-order valence-electron chi connectivity index (χ0n) is 15.5. The maximum absolute atomic E-state index is 12.3. The van der Waals surface area contributed by atoms with Crippen LogP contribution in [0.25, 0.3) is 0 Å². The largest absolute Gasteiger partial charge is 0.353 e. The summed E-state index contributed by atoms with van der Waals surface area (Å²) in [6.07, 6.45) is 6.57. The second kappa shape index (κ2) is 8.96. The highest BCUT2D eigenvalue weighted by molar-refractivity contribution is 5.81. The normalized spacial score (nSPS) is 18.8. The molecule has 26 heavy (non-hydrogen) atoms. The molecular weight excluding hydrogens is 326 g/mol. The van der Waals surface area contributed by atoms with Gasteiger partial charge in [-0.25, -0.2) is 4.98 Å². The summed E-state index contributed by atoms with van der Waals surface area (Å²) in [4.78, 5) is 19.1. The first-order chi connectivity index (χ1) is 12.7. The van der Waals surface area contributed by atoms with Gasteiger partial charge in [0.25, 0.3) is 0 Å². The van der Waals surface area contributed by atoms with Crippen LogP contribution in [0.2, 0.25) is 0 Å². The van der Waals surface area contributed by atoms with Crippen LogP contribution in [0.3, 0.4) is 0 Å². The molecule has 0 saturated carbocycles. The number of likely N-dealkylation sites (tertiary alicyclic amines) is 1. The summed E-state index contributed by atoms with van der Waals surface area (Å²) in [5, 5.41) is 3.02. The van der Waals surface area contributed by atoms with Crippen LogP contribution in [0.1, 0.15) is 31.0 Å². The minimum Gasteiger partial charge on any atom is -0.353 e. The number of amides is 1. The van der Waals surface area contributed by atoms with Gasteiger partial charge in [-0.2, -0.15) is 0 Å². The average molecular weight is 355 g/mol. The second-order valence-electron chi connectivity index (χ2n) is 7.00. The number of nitrogens with zero attached hydrogens (tertiary/aromatic N) is 3. The van der Waals surface area contributed by atoms with Gasteiger partial charge in [-0.15, -0.1) is 0 Å². The number of carbonyl (C=O) groups excluding carboxylic acids is 1. The van der Waals surface area contributed by atoms with Crippen molar-refractivity contribution < 1.29 is 4.79 Å². The highest BCUT2D eigenvalue weighted by atomic mass is 16.2. The van der Waals surface area contributed by atoms with Crippen LogP contribution < -0.4 is 11.1 Å². The third-order valence-electron chi connectivity index (χ3n) is 5.08. The van der Waals surface area contributed by atoms with Gasteiger partial charge in [0.1, 0.15) is 0 Å². The summed E-state index contributed by atoms with van der Waals surface area (Å²) in [5.74, 6) is -0.0921. The van der Waals surface area contributed by atoms with Crippen molar-refractivity contribution in [2.45, 2.75) is 44.8 Å². The number of hydrogen-bond acceptors (Lipinski definition) is 4. The van der Waals surface area contributed by atoms with Crippen LogP contribution in [-0.2, 0) is 17.8 Å². The first kappa shape index (κ1) is 18.6. The molecule has 2 atom stereocenters. The highest BCUT2D eigenvalue weighted by Gasteiger charge is 2.24. The monoisotopic (exact) mass is 355 g/mol. The minimum absolute atomic E-state index is 0.0921. The quantitative estimate of drug-likeness (QED) is 0.750. The molecule has 3 rings (SSSR count). The van der Waals surface area contributed by atoms with E-state index < -0.39 is 6.04 Å². The predicted molar refractivity (Wildman–Crippen MR) is 103 cm³/mol. The fourth-order valence-corrected chi connectivity index (χ4v) is 3.60. The zero-order valence-corrected chi connectivity index (χ0v) is 15.5. The third kappa shape index (κ3) is 4.93. The van der Waals surface area contributed by atoms with Crippen LogP contribution in [0.15, 0.2) is 42.9 Å². The van der Waals surface area contributed by atoms with Crippen LogP contribution in [0, 0.1) is 0 Å². The Morgan fingerprint density at radius 3 is 2.96 bits per heavy atom. The van der Waals surface area contributed by atoms with E-state index in [1.54, 1.807) is 6.33 Å². The number of hydrogen-bond donors (Lipinski definition) is 2. The molecule has 2 aromatic rings. The molecule has 0 bridgehead atoms. The molecule has 1 aromatic heterocycles. The van der Waals surface area contributed by atoms with Gasteiger partial charge in [-0.05, 0) is 31.5 Å². The molecule has 0 radical (unpaired) electrons. The minimum atomic E-state index is -0.563. The molecule has 1 aliphatic heterocycles. The van der Waals surface area contributed by atoms with Gasteiger partial charge in [0.15, 0.2) is 0 Å². The van der Waals surface area contributed by atoms with Crippen LogP contribution in [0.5, 0.6) is 0 Å². The first-order valence-electron chi connectivity index (χ1n) is 9.47. The maximum Gasteiger partial charge on any atom is 0.237 e. The molecular formula is C20H29N5O. The molecule has 1 aromatic carbocycles. The van der Waals surface area contributed by atoms with Crippen molar-refractivity contribution >= 4 is 5.91 Å². The predicted octanol–water partition coefficient (Wildman–Crippen LogP) is 1.40. The molecule has 6 nitrogen and oxygen atoms in total. The van der Waals surface area contributed by atoms with Crippen molar-refractivity contribution in [3.05, 3.63) is 54.1 Å². The Balaban J connectivity index is 1.46. The summed E-state index contributed by atoms with van der Waals surface area (Å²) in [6.45, 7) is 5.78. The van der Waals surface area contributed by atoms with Gasteiger partial charge < -0.3 is 15.6 Å². The van der Waals surface area contributed by atoms with Crippen molar-refractivity contribution in [1.29, 1.82) is 0 Å². The lowest BCUT2D eigenvalue weighted by Gasteiger charge is -2.23. The van der Waals surface area contributed by atoms with E-state index in [-0.39, 0.29) is 5.91 Å². The fourth-order valence-electron chi connectivity index (χ4n) is 3.60. The van der Waals surface area contributed by atoms with Gasteiger partial charge in [0.05, 0.1) is 18.1 Å². The Morgan fingerprint density at radius 2 is 2.19 bits per heavy atom. The van der Waals surface area contributed by atoms with E-state index in [0.717, 1.165) is 31.7 Å². The number of nitrogens with two attached hydrogens (primary N) is 1. The summed E-state index contributed by atoms with van der Waals surface area (Å²) < 4.78 is 2.02. The summed E-state index contributed by atoms with van der Waals surface area (Å²) >= 11 is 0. The smallest absolute Gasteiger partial charge is 0.237 e. The third-order valence-corrected chi connectivity index (χ3v) is 5.08. The number of likely N-dealkylation sites (N-methyl/N-ethyl adjacent to an activating group) is 1. The summed E-state index contributed by atoms with van der Waals surface area (Å²) in [7, 11) is 0. The molecule has 1 saturated heterocycles. The molecule has 3 N–H and O–H groups in total. The Kier molecular flexibility index (Phi) is 6.41. The Morgan fingerprint density at radius 1 is 1.38 bits per heavy atom. The second-order valence-corrected chi connectivity index (χ2v) is 7.00. The lowest BCUT2D eigenvalue weighted by Crippen LogP contribution is -2.47. The van der Waals surface area contributed by atoms with E-state index in [9.17, 15) is 4.79 Å². The lowest BCUT2D eigenvalue weighted by atomic mass is 10.1. The topological polar surface area (TPSA) is 76.2 Å². The van der Waals surface area contributed by atoms with Gasteiger partial charge in [0, 0.05) is 31.7 Å². The average Bonchev–Trinajstić information content (AvgIpc) is 3.29. The molecule has 6 heteroatoms. The molecule has 1 aliphatic rings. The van der Waals surface area contributed by atoms with Crippen molar-refractivity contribution in [3.63, 3.8) is 0 Å². The van der Waals surface area contributed by atoms with E-state index in [1.165, 1.54) is 12.0 Å². The van der Waals surface area contributed by atoms with E-state index in [4.69, 9.17) is 5.73 Å². The van der Waals surface area contributed by atoms with Gasteiger partial charge in [-0.3, -0.25) is 9.69 Å². The maximum atomic E-state index is 12.3. The van der Waals surface area contributed by atoms with Crippen molar-refractivity contribution in [3.8, 4) is 0 Å². The van der Waals surface area contributed by atoms with Crippen LogP contribution in [-0.4, -0.2) is 52.1 Å². The standard InChI is InChI=1S/C20H29N5O/c1-2-25-10-6-9-18(25)12-22-20(26)19(21)11-17-14-24(15-23-17)13-16-7-4-3-5-8-16/h3-5,7-8,14-15,18-19H,2,6,9-13,21H2,1H3,(H,22,26)/t18?,19-/m0/s1. The SMILES string of the molecule is CCN1CCCC1CNC(=O)[C@@H](N)Cc1cn(Cc2ccccc2)cn1. The zero-order chi connectivity index (χ0) is 18.4. The van der Waals surface area contributed by atoms with Crippen molar-refractivity contribution in [1.82, 2.24) is 19.8 Å². The van der Waals surface area contributed by atoms with E-state index >= 15 is 0 Å². The first-order valence-corrected chi connectivity index (χ1v) is 9.47. The van der Waals surface area contributed by atoms with Gasteiger partial charge in [0.2, 0.25) is 5.91 Å². The molecule has 1 unspecified atom stereocenters. The molecule has 140 valence electrons. The van der Waals surface area contributed by atoms with Crippen molar-refractivity contribution in [2.24, 2.45) is 5.73 Å². The Bertz CT molecular complexity index is 699. The van der Waals surface area contributed by atoms with E-state index in [1.807, 2.05) is 29.0 Å². The molecule has 1 amide bonds. The lowest BCUT2D eigenvalue weighted by molar-refractivity contribution is -0.122. The summed E-state index contributed by atoms with van der Waals surface area (Å²) in [6, 6.07) is 10.1. The number of benzene rings is 1. The fraction of sp³-hybridized carbons (Fsp3) is 0.500. The van der Waals surface area contributed by atoms with Crippen LogP contribution in [0.4, 0.5) is 0 Å². The number of rotatable bonds is 8. The number of carbonyl (C=O) groups is 1. The summed E-state index contributed by atoms with van der Waals surface area (Å²) in [5.41, 5.74) is 8.15.